The summed E-state index contributed by atoms with van der Waals surface area (Å²) < 4.78 is 3.18. The van der Waals surface area contributed by atoms with Crippen LogP contribution in [-0.2, 0) is 6.54 Å². The molecule has 0 atom stereocenters. The fourth-order valence-corrected chi connectivity index (χ4v) is 5.53. The van der Waals surface area contributed by atoms with Crippen molar-refractivity contribution in [2.24, 2.45) is 0 Å². The zero-order valence-corrected chi connectivity index (χ0v) is 17.8. The first-order chi connectivity index (χ1) is 14.1. The molecule has 0 aliphatic carbocycles. The van der Waals surface area contributed by atoms with Gasteiger partial charge in [-0.2, -0.15) is 0 Å². The fourth-order valence-electron chi connectivity index (χ4n) is 3.85. The number of thiophene rings is 1. The monoisotopic (exact) mass is 438 g/mol. The second-order valence-electron chi connectivity index (χ2n) is 6.83. The van der Waals surface area contributed by atoms with Crippen LogP contribution in [0, 0.1) is 0 Å². The second kappa shape index (κ2) is 7.06. The van der Waals surface area contributed by atoms with Crippen molar-refractivity contribution in [2.45, 2.75) is 13.5 Å². The van der Waals surface area contributed by atoms with Gasteiger partial charge in [-0.05, 0) is 43.3 Å². The maximum Gasteiger partial charge on any atom is 0.267 e. The number of hydrogen-bond donors (Lipinski definition) is 1. The van der Waals surface area contributed by atoms with Crippen molar-refractivity contribution in [2.75, 3.05) is 5.32 Å². The highest BCUT2D eigenvalue weighted by Gasteiger charge is 2.18. The summed E-state index contributed by atoms with van der Waals surface area (Å²) in [5.41, 5.74) is 3.09. The summed E-state index contributed by atoms with van der Waals surface area (Å²) in [6, 6.07) is 19.8. The third-order valence-electron chi connectivity index (χ3n) is 5.14. The molecule has 0 bridgehead atoms. The van der Waals surface area contributed by atoms with Crippen molar-refractivity contribution in [3.05, 3.63) is 75.6 Å². The lowest BCUT2D eigenvalue weighted by molar-refractivity contribution is 0.103. The third-order valence-corrected chi connectivity index (χ3v) is 7.04. The number of benzene rings is 3. The van der Waals surface area contributed by atoms with Crippen molar-refractivity contribution < 1.29 is 4.79 Å². The molecule has 1 amide bonds. The summed E-state index contributed by atoms with van der Waals surface area (Å²) in [6.45, 7) is 3.02. The maximum absolute atomic E-state index is 12.9. The molecule has 29 heavy (non-hydrogen) atoms. The maximum atomic E-state index is 12.9. The molecule has 6 heteroatoms. The second-order valence-corrected chi connectivity index (χ2v) is 8.70. The number of amides is 1. The Balaban J connectivity index is 1.56. The Morgan fingerprint density at radius 2 is 1.76 bits per heavy atom. The van der Waals surface area contributed by atoms with Crippen molar-refractivity contribution in [1.29, 1.82) is 0 Å². The van der Waals surface area contributed by atoms with Crippen LogP contribution in [-0.4, -0.2) is 10.5 Å². The van der Waals surface area contributed by atoms with E-state index in [9.17, 15) is 4.79 Å². The highest BCUT2D eigenvalue weighted by molar-refractivity contribution is 7.21. The minimum Gasteiger partial charge on any atom is -0.341 e. The number of carbonyl (C=O) groups excluding carboxylic acids is 1. The number of aryl methyl sites for hydroxylation is 1. The van der Waals surface area contributed by atoms with Gasteiger partial charge in [-0.15, -0.1) is 11.3 Å². The molecule has 144 valence electrons. The van der Waals surface area contributed by atoms with Gasteiger partial charge in [0.25, 0.3) is 5.91 Å². The zero-order chi connectivity index (χ0) is 20.1. The number of fused-ring (bicyclic) bond motifs is 4. The van der Waals surface area contributed by atoms with E-state index in [2.05, 4.69) is 35.0 Å². The molecule has 0 spiro atoms. The quantitative estimate of drug-likeness (QED) is 0.309. The lowest BCUT2D eigenvalue weighted by Crippen LogP contribution is -2.10. The molecule has 0 aliphatic rings. The molecular formula is C23H16Cl2N2OS. The molecule has 2 aromatic heterocycles. The molecule has 5 rings (SSSR count). The van der Waals surface area contributed by atoms with E-state index in [1.165, 1.54) is 22.2 Å². The molecule has 5 aromatic rings. The van der Waals surface area contributed by atoms with E-state index < -0.39 is 0 Å². The van der Waals surface area contributed by atoms with Crippen molar-refractivity contribution in [3.63, 3.8) is 0 Å². The molecule has 1 N–H and O–H groups in total. The Hall–Kier alpha value is -2.53. The van der Waals surface area contributed by atoms with Crippen LogP contribution >= 0.6 is 34.5 Å². The van der Waals surface area contributed by atoms with Crippen LogP contribution in [0.5, 0.6) is 0 Å². The largest absolute Gasteiger partial charge is 0.341 e. The molecule has 0 unspecified atom stereocenters. The minimum atomic E-state index is -0.217. The lowest BCUT2D eigenvalue weighted by atomic mass is 10.1. The SMILES string of the molecule is CCn1c2ccccc2c2cc(NC(=O)c3sc4cc(Cl)ccc4c3Cl)ccc21. The molecule has 0 radical (unpaired) electrons. The standard InChI is InChI=1S/C23H16Cl2N2OS/c1-2-27-18-6-4-3-5-15(18)17-12-14(8-10-19(17)27)26-23(28)22-21(25)16-9-7-13(24)11-20(16)29-22/h3-12H,2H2,1H3,(H,26,28). The van der Waals surface area contributed by atoms with Crippen LogP contribution < -0.4 is 5.32 Å². The Bertz CT molecular complexity index is 1420. The molecule has 0 aliphatic heterocycles. The Morgan fingerprint density at radius 1 is 0.966 bits per heavy atom. The van der Waals surface area contributed by atoms with Crippen molar-refractivity contribution in [1.82, 2.24) is 4.57 Å². The number of aromatic nitrogens is 1. The van der Waals surface area contributed by atoms with E-state index in [1.807, 2.05) is 36.4 Å². The topological polar surface area (TPSA) is 34.0 Å². The first-order valence-corrected chi connectivity index (χ1v) is 10.8. The average Bonchev–Trinajstić information content (AvgIpc) is 3.22. The molecular weight excluding hydrogens is 423 g/mol. The van der Waals surface area contributed by atoms with Gasteiger partial charge in [-0.25, -0.2) is 0 Å². The Kier molecular flexibility index (Phi) is 4.50. The smallest absolute Gasteiger partial charge is 0.267 e. The van der Waals surface area contributed by atoms with Gasteiger partial charge in [0.15, 0.2) is 0 Å². The van der Waals surface area contributed by atoms with Gasteiger partial charge in [-0.1, -0.05) is 47.5 Å². The Labute approximate surface area is 181 Å². The van der Waals surface area contributed by atoms with Gasteiger partial charge >= 0.3 is 0 Å². The number of rotatable bonds is 3. The summed E-state index contributed by atoms with van der Waals surface area (Å²) in [6.07, 6.45) is 0. The Morgan fingerprint density at radius 3 is 2.59 bits per heavy atom. The summed E-state index contributed by atoms with van der Waals surface area (Å²) in [5, 5.41) is 7.23. The van der Waals surface area contributed by atoms with Gasteiger partial charge in [0, 0.05) is 49.1 Å². The first kappa shape index (κ1) is 18.5. The van der Waals surface area contributed by atoms with Crippen LogP contribution in [0.25, 0.3) is 31.9 Å². The highest BCUT2D eigenvalue weighted by Crippen LogP contribution is 2.37. The van der Waals surface area contributed by atoms with E-state index in [0.29, 0.717) is 14.9 Å². The fraction of sp³-hybridized carbons (Fsp3) is 0.0870. The van der Waals surface area contributed by atoms with Gasteiger partial charge in [0.1, 0.15) is 4.88 Å². The predicted molar refractivity (Wildman–Crippen MR) is 125 cm³/mol. The van der Waals surface area contributed by atoms with Crippen LogP contribution in [0.3, 0.4) is 0 Å². The van der Waals surface area contributed by atoms with Gasteiger partial charge in [-0.3, -0.25) is 4.79 Å². The number of anilines is 1. The summed E-state index contributed by atoms with van der Waals surface area (Å²) in [4.78, 5) is 13.4. The molecule has 3 nitrogen and oxygen atoms in total. The normalized spacial score (nSPS) is 11.6. The third kappa shape index (κ3) is 2.99. The van der Waals surface area contributed by atoms with E-state index in [1.54, 1.807) is 6.07 Å². The number of halogens is 2. The number of nitrogens with zero attached hydrogens (tertiary/aromatic N) is 1. The van der Waals surface area contributed by atoms with E-state index in [-0.39, 0.29) is 5.91 Å². The number of para-hydroxylation sites is 1. The van der Waals surface area contributed by atoms with Gasteiger partial charge in [0.05, 0.1) is 5.02 Å². The van der Waals surface area contributed by atoms with Crippen LogP contribution in [0.1, 0.15) is 16.6 Å². The van der Waals surface area contributed by atoms with Crippen LogP contribution in [0.2, 0.25) is 10.0 Å². The molecule has 2 heterocycles. The van der Waals surface area contributed by atoms with Crippen molar-refractivity contribution >= 4 is 78.0 Å². The summed E-state index contributed by atoms with van der Waals surface area (Å²) in [7, 11) is 0. The number of carbonyl (C=O) groups is 1. The zero-order valence-electron chi connectivity index (χ0n) is 15.5. The summed E-state index contributed by atoms with van der Waals surface area (Å²) in [5.74, 6) is -0.217. The molecule has 0 saturated heterocycles. The summed E-state index contributed by atoms with van der Waals surface area (Å²) >= 11 is 13.9. The highest BCUT2D eigenvalue weighted by atomic mass is 35.5. The van der Waals surface area contributed by atoms with E-state index >= 15 is 0 Å². The lowest BCUT2D eigenvalue weighted by Gasteiger charge is -2.06. The van der Waals surface area contributed by atoms with Gasteiger partial charge in [0.2, 0.25) is 0 Å². The first-order valence-electron chi connectivity index (χ1n) is 9.26. The predicted octanol–water partition coefficient (Wildman–Crippen LogP) is 7.59. The van der Waals surface area contributed by atoms with Crippen LogP contribution in [0.15, 0.2) is 60.7 Å². The number of nitrogens with one attached hydrogen (secondary N) is 1. The van der Waals surface area contributed by atoms with Crippen LogP contribution in [0.4, 0.5) is 5.69 Å². The molecule has 0 fully saturated rings. The molecule has 3 aromatic carbocycles. The van der Waals surface area contributed by atoms with E-state index in [4.69, 9.17) is 23.2 Å². The average molecular weight is 439 g/mol. The molecule has 0 saturated carbocycles. The van der Waals surface area contributed by atoms with Gasteiger partial charge < -0.3 is 9.88 Å². The minimum absolute atomic E-state index is 0.217. The number of hydrogen-bond acceptors (Lipinski definition) is 2. The van der Waals surface area contributed by atoms with Crippen molar-refractivity contribution in [3.8, 4) is 0 Å². The van der Waals surface area contributed by atoms with E-state index in [0.717, 1.165) is 33.2 Å².